The minimum atomic E-state index is -0.403. The summed E-state index contributed by atoms with van der Waals surface area (Å²) in [7, 11) is 1.60. The van der Waals surface area contributed by atoms with Crippen molar-refractivity contribution in [1.29, 1.82) is 0 Å². The summed E-state index contributed by atoms with van der Waals surface area (Å²) in [5, 5.41) is 11.4. The number of rotatable bonds is 5. The van der Waals surface area contributed by atoms with Crippen LogP contribution in [0, 0.1) is 0 Å². The van der Waals surface area contributed by atoms with Crippen LogP contribution in [0.2, 0.25) is 0 Å². The van der Waals surface area contributed by atoms with Gasteiger partial charge in [-0.15, -0.1) is 21.8 Å². The highest BCUT2D eigenvalue weighted by Crippen LogP contribution is 2.34. The summed E-state index contributed by atoms with van der Waals surface area (Å²) in [6.07, 6.45) is 0.304. The summed E-state index contributed by atoms with van der Waals surface area (Å²) < 4.78 is 0.420. The summed E-state index contributed by atoms with van der Waals surface area (Å²) in [5.74, 6) is -0.460. The molecular weight excluding hydrogens is 412 g/mol. The number of thiocarbonyl (C=S) groups is 1. The van der Waals surface area contributed by atoms with Gasteiger partial charge in [0.05, 0.1) is 10.8 Å². The van der Waals surface area contributed by atoms with Crippen LogP contribution in [0.4, 0.5) is 5.13 Å². The molecule has 2 heterocycles. The second-order valence-electron chi connectivity index (χ2n) is 5.29. The third-order valence-electron chi connectivity index (χ3n) is 3.54. The van der Waals surface area contributed by atoms with Crippen LogP contribution in [0.3, 0.4) is 0 Å². The predicted molar refractivity (Wildman–Crippen MR) is 108 cm³/mol. The van der Waals surface area contributed by atoms with E-state index in [2.05, 4.69) is 15.5 Å². The van der Waals surface area contributed by atoms with E-state index in [1.165, 1.54) is 16.2 Å². The van der Waals surface area contributed by atoms with Crippen molar-refractivity contribution in [3.05, 3.63) is 51.4 Å². The van der Waals surface area contributed by atoms with Gasteiger partial charge in [0, 0.05) is 19.0 Å². The SMILES string of the molecule is CN1C(=O)/C(=C(/Cc2ccccc2)C(=O)Nc2nnc(CCl)s2)SC1=S. The van der Waals surface area contributed by atoms with Crippen molar-refractivity contribution >= 4 is 68.2 Å². The average Bonchev–Trinajstić information content (AvgIpc) is 3.20. The Hall–Kier alpha value is -1.81. The maximum atomic E-state index is 12.9. The summed E-state index contributed by atoms with van der Waals surface area (Å²) in [5.41, 5.74) is 1.26. The van der Waals surface area contributed by atoms with E-state index < -0.39 is 5.91 Å². The number of carbonyl (C=O) groups is 2. The normalized spacial score (nSPS) is 16.2. The van der Waals surface area contributed by atoms with E-state index in [0.29, 0.717) is 31.4 Å². The maximum Gasteiger partial charge on any atom is 0.266 e. The molecule has 134 valence electrons. The van der Waals surface area contributed by atoms with Crippen LogP contribution in [0.5, 0.6) is 0 Å². The molecule has 0 atom stereocenters. The lowest BCUT2D eigenvalue weighted by atomic mass is 10.0. The Morgan fingerprint density at radius 3 is 2.62 bits per heavy atom. The van der Waals surface area contributed by atoms with Crippen LogP contribution in [-0.4, -0.2) is 38.3 Å². The van der Waals surface area contributed by atoms with E-state index in [-0.39, 0.29) is 11.8 Å². The molecule has 26 heavy (non-hydrogen) atoms. The number of hydrogen-bond acceptors (Lipinski definition) is 7. The van der Waals surface area contributed by atoms with Crippen LogP contribution >= 0.6 is 46.9 Å². The molecule has 0 unspecified atom stereocenters. The van der Waals surface area contributed by atoms with Gasteiger partial charge in [-0.3, -0.25) is 19.8 Å². The van der Waals surface area contributed by atoms with Gasteiger partial charge in [-0.05, 0) is 5.56 Å². The van der Waals surface area contributed by atoms with Crippen molar-refractivity contribution in [2.24, 2.45) is 0 Å². The number of benzene rings is 1. The molecule has 0 saturated carbocycles. The fraction of sp³-hybridized carbons (Fsp3) is 0.188. The molecule has 1 aliphatic rings. The van der Waals surface area contributed by atoms with Crippen molar-refractivity contribution < 1.29 is 9.59 Å². The number of nitrogens with one attached hydrogen (secondary N) is 1. The number of hydrogen-bond donors (Lipinski definition) is 1. The maximum absolute atomic E-state index is 12.9. The molecule has 6 nitrogen and oxygen atoms in total. The van der Waals surface area contributed by atoms with Gasteiger partial charge in [0.25, 0.3) is 11.8 Å². The lowest BCUT2D eigenvalue weighted by Gasteiger charge is -2.10. The number of halogens is 1. The van der Waals surface area contributed by atoms with E-state index in [1.807, 2.05) is 30.3 Å². The molecule has 0 radical (unpaired) electrons. The molecular formula is C16H13ClN4O2S3. The standard InChI is InChI=1S/C16H13ClN4O2S3/c1-21-14(23)12(26-16(21)24)10(7-9-5-3-2-4-6-9)13(22)18-15-20-19-11(8-17)25-15/h2-6H,7-8H2,1H3,(H,18,20,22)/b12-10+. The minimum absolute atomic E-state index is 0.221. The van der Waals surface area contributed by atoms with Gasteiger partial charge in [0.2, 0.25) is 5.13 Å². The fourth-order valence-electron chi connectivity index (χ4n) is 2.22. The predicted octanol–water partition coefficient (Wildman–Crippen LogP) is 3.20. The number of amides is 2. The zero-order chi connectivity index (χ0) is 18.7. The van der Waals surface area contributed by atoms with Crippen LogP contribution in [-0.2, 0) is 21.9 Å². The number of aromatic nitrogens is 2. The quantitative estimate of drug-likeness (QED) is 0.451. The number of likely N-dealkylation sites (N-methyl/N-ethyl adjacent to an activating group) is 1. The molecule has 2 aromatic rings. The molecule has 1 aromatic carbocycles. The van der Waals surface area contributed by atoms with Gasteiger partial charge in [-0.2, -0.15) is 0 Å². The monoisotopic (exact) mass is 424 g/mol. The Bertz CT molecular complexity index is 898. The van der Waals surface area contributed by atoms with E-state index >= 15 is 0 Å². The summed E-state index contributed by atoms with van der Waals surface area (Å²) in [4.78, 5) is 27.1. The highest BCUT2D eigenvalue weighted by Gasteiger charge is 2.34. The van der Waals surface area contributed by atoms with E-state index in [9.17, 15) is 9.59 Å². The summed E-state index contributed by atoms with van der Waals surface area (Å²) >= 11 is 13.2. The molecule has 1 saturated heterocycles. The van der Waals surface area contributed by atoms with Crippen LogP contribution in [0.15, 0.2) is 40.8 Å². The highest BCUT2D eigenvalue weighted by molar-refractivity contribution is 8.26. The highest BCUT2D eigenvalue weighted by atomic mass is 35.5. The lowest BCUT2D eigenvalue weighted by Crippen LogP contribution is -2.25. The lowest BCUT2D eigenvalue weighted by molar-refractivity contribution is -0.122. The third kappa shape index (κ3) is 4.12. The Labute approximate surface area is 168 Å². The smallest absolute Gasteiger partial charge is 0.266 e. The second kappa shape index (κ2) is 8.26. The molecule has 0 spiro atoms. The zero-order valence-electron chi connectivity index (χ0n) is 13.6. The number of nitrogens with zero attached hydrogens (tertiary/aromatic N) is 3. The van der Waals surface area contributed by atoms with Crippen molar-refractivity contribution in [3.8, 4) is 0 Å². The largest absolute Gasteiger partial charge is 0.297 e. The van der Waals surface area contributed by atoms with Crippen molar-refractivity contribution in [2.45, 2.75) is 12.3 Å². The third-order valence-corrected chi connectivity index (χ3v) is 6.38. The number of alkyl halides is 1. The van der Waals surface area contributed by atoms with Crippen molar-refractivity contribution in [3.63, 3.8) is 0 Å². The van der Waals surface area contributed by atoms with Gasteiger partial charge in [0.15, 0.2) is 0 Å². The van der Waals surface area contributed by atoms with Gasteiger partial charge >= 0.3 is 0 Å². The first-order chi connectivity index (χ1) is 12.5. The van der Waals surface area contributed by atoms with Crippen LogP contribution in [0.1, 0.15) is 10.6 Å². The van der Waals surface area contributed by atoms with Crippen LogP contribution in [0.25, 0.3) is 0 Å². The first kappa shape index (κ1) is 19.0. The van der Waals surface area contributed by atoms with Gasteiger partial charge in [-0.1, -0.05) is 65.6 Å². The molecule has 1 N–H and O–H groups in total. The Kier molecular flexibility index (Phi) is 6.02. The fourth-order valence-corrected chi connectivity index (χ4v) is 4.26. The number of thioether (sulfide) groups is 1. The first-order valence-electron chi connectivity index (χ1n) is 7.46. The topological polar surface area (TPSA) is 75.2 Å². The van der Waals surface area contributed by atoms with Crippen molar-refractivity contribution in [1.82, 2.24) is 15.1 Å². The molecule has 10 heteroatoms. The molecule has 0 aliphatic carbocycles. The zero-order valence-corrected chi connectivity index (χ0v) is 16.8. The van der Waals surface area contributed by atoms with Gasteiger partial charge < -0.3 is 0 Å². The number of anilines is 1. The molecule has 2 amide bonds. The molecule has 1 fully saturated rings. The first-order valence-corrected chi connectivity index (χ1v) is 10.0. The summed E-state index contributed by atoms with van der Waals surface area (Å²) in [6.45, 7) is 0. The number of carbonyl (C=O) groups excluding carboxylic acids is 2. The average molecular weight is 425 g/mol. The summed E-state index contributed by atoms with van der Waals surface area (Å²) in [6, 6.07) is 9.46. The molecule has 0 bridgehead atoms. The molecule has 1 aromatic heterocycles. The van der Waals surface area contributed by atoms with Gasteiger partial charge in [0.1, 0.15) is 9.33 Å². The molecule has 1 aliphatic heterocycles. The van der Waals surface area contributed by atoms with E-state index in [1.54, 1.807) is 7.05 Å². The van der Waals surface area contributed by atoms with E-state index in [4.69, 9.17) is 23.8 Å². The second-order valence-corrected chi connectivity index (χ2v) is 8.26. The molecule has 3 rings (SSSR count). The van der Waals surface area contributed by atoms with Gasteiger partial charge in [-0.25, -0.2) is 0 Å². The van der Waals surface area contributed by atoms with Crippen LogP contribution < -0.4 is 5.32 Å². The Morgan fingerprint density at radius 2 is 2.04 bits per heavy atom. The van der Waals surface area contributed by atoms with E-state index in [0.717, 1.165) is 17.3 Å². The Morgan fingerprint density at radius 1 is 1.31 bits per heavy atom. The van der Waals surface area contributed by atoms with Crippen molar-refractivity contribution in [2.75, 3.05) is 12.4 Å². The Balaban J connectivity index is 1.93. The minimum Gasteiger partial charge on any atom is -0.297 e.